The number of halogens is 1. The number of primary amides is 1. The number of nitrogens with zero attached hydrogens (tertiary/aromatic N) is 2. The predicted molar refractivity (Wildman–Crippen MR) is 67.7 cm³/mol. The molecule has 0 atom stereocenters. The molecular weight excluding hydrogens is 249 g/mol. The van der Waals surface area contributed by atoms with Gasteiger partial charge in [0, 0.05) is 17.8 Å². The molecule has 2 heterocycles. The van der Waals surface area contributed by atoms with E-state index in [4.69, 9.17) is 10.5 Å². The molecule has 1 amide bonds. The normalized spacial score (nSPS) is 11.1. The van der Waals surface area contributed by atoms with Gasteiger partial charge in [-0.05, 0) is 18.2 Å². The second kappa shape index (κ2) is 3.94. The molecule has 0 aliphatic rings. The first-order chi connectivity index (χ1) is 9.13. The number of carbonyl (C=O) groups is 1. The van der Waals surface area contributed by atoms with Gasteiger partial charge in [-0.1, -0.05) is 0 Å². The Morgan fingerprint density at radius 1 is 1.47 bits per heavy atom. The van der Waals surface area contributed by atoms with Crippen LogP contribution < -0.4 is 10.5 Å². The zero-order chi connectivity index (χ0) is 13.6. The molecule has 0 fully saturated rings. The number of ether oxygens (including phenoxy) is 1. The van der Waals surface area contributed by atoms with E-state index >= 15 is 0 Å². The van der Waals surface area contributed by atoms with Gasteiger partial charge in [-0.25, -0.2) is 9.37 Å². The van der Waals surface area contributed by atoms with Crippen LogP contribution in [0.3, 0.4) is 0 Å². The number of fused-ring (bicyclic) bond motifs is 3. The highest BCUT2D eigenvalue weighted by Crippen LogP contribution is 2.30. The number of hydrogen-bond donors (Lipinski definition) is 1. The third kappa shape index (κ3) is 1.53. The van der Waals surface area contributed by atoms with Gasteiger partial charge < -0.3 is 10.5 Å². The Labute approximate surface area is 107 Å². The van der Waals surface area contributed by atoms with Crippen molar-refractivity contribution >= 4 is 22.5 Å². The van der Waals surface area contributed by atoms with Gasteiger partial charge >= 0.3 is 0 Å². The third-order valence-electron chi connectivity index (χ3n) is 3.02. The average molecular weight is 259 g/mol. The van der Waals surface area contributed by atoms with Gasteiger partial charge in [-0.3, -0.25) is 9.20 Å². The lowest BCUT2D eigenvalue weighted by atomic mass is 10.1. The monoisotopic (exact) mass is 259 g/mol. The molecule has 0 radical (unpaired) electrons. The fourth-order valence-electron chi connectivity index (χ4n) is 2.19. The molecule has 3 aromatic rings. The number of aromatic nitrogens is 2. The Hall–Kier alpha value is -2.63. The summed E-state index contributed by atoms with van der Waals surface area (Å²) in [5.41, 5.74) is 6.37. The molecule has 5 nitrogen and oxygen atoms in total. The van der Waals surface area contributed by atoms with Crippen LogP contribution in [0, 0.1) is 5.82 Å². The number of imidazole rings is 1. The summed E-state index contributed by atoms with van der Waals surface area (Å²) in [6.45, 7) is 0. The number of benzene rings is 1. The summed E-state index contributed by atoms with van der Waals surface area (Å²) in [5.74, 6) is -0.607. The van der Waals surface area contributed by atoms with Crippen LogP contribution in [0.15, 0.2) is 30.6 Å². The molecule has 0 saturated carbocycles. The van der Waals surface area contributed by atoms with E-state index in [2.05, 4.69) is 4.98 Å². The first-order valence-corrected chi connectivity index (χ1v) is 5.55. The topological polar surface area (TPSA) is 69.6 Å². The summed E-state index contributed by atoms with van der Waals surface area (Å²) >= 11 is 0. The Morgan fingerprint density at radius 2 is 2.26 bits per heavy atom. The highest BCUT2D eigenvalue weighted by Gasteiger charge is 2.16. The number of pyridine rings is 1. The lowest BCUT2D eigenvalue weighted by Crippen LogP contribution is -2.13. The van der Waals surface area contributed by atoms with Crippen molar-refractivity contribution in [2.45, 2.75) is 0 Å². The Bertz CT molecular complexity index is 810. The molecule has 19 heavy (non-hydrogen) atoms. The number of methoxy groups -OCH3 is 1. The van der Waals surface area contributed by atoms with Gasteiger partial charge in [-0.15, -0.1) is 0 Å². The Kier molecular flexibility index (Phi) is 2.38. The molecule has 0 unspecified atom stereocenters. The van der Waals surface area contributed by atoms with E-state index in [0.29, 0.717) is 16.9 Å². The molecule has 96 valence electrons. The van der Waals surface area contributed by atoms with E-state index < -0.39 is 11.7 Å². The van der Waals surface area contributed by atoms with Crippen molar-refractivity contribution < 1.29 is 13.9 Å². The summed E-state index contributed by atoms with van der Waals surface area (Å²) in [4.78, 5) is 15.5. The first-order valence-electron chi connectivity index (χ1n) is 5.55. The van der Waals surface area contributed by atoms with Gasteiger partial charge in [-0.2, -0.15) is 0 Å². The lowest BCUT2D eigenvalue weighted by molar-refractivity contribution is 0.100. The van der Waals surface area contributed by atoms with Gasteiger partial charge in [0.1, 0.15) is 17.2 Å². The first kappa shape index (κ1) is 11.5. The SMILES string of the molecule is COc1ccc(F)c2cc(C(N)=O)c3nccn3c12. The molecule has 0 aliphatic carbocycles. The van der Waals surface area contributed by atoms with Crippen molar-refractivity contribution in [1.82, 2.24) is 9.38 Å². The molecule has 0 saturated heterocycles. The number of hydrogen-bond acceptors (Lipinski definition) is 3. The zero-order valence-electron chi connectivity index (χ0n) is 10.1. The molecule has 0 spiro atoms. The lowest BCUT2D eigenvalue weighted by Gasteiger charge is -2.10. The molecular formula is C13H10FN3O2. The number of carbonyl (C=O) groups excluding carboxylic acids is 1. The van der Waals surface area contributed by atoms with Crippen LogP contribution in [-0.4, -0.2) is 22.4 Å². The van der Waals surface area contributed by atoms with Gasteiger partial charge in [0.05, 0.1) is 18.2 Å². The van der Waals surface area contributed by atoms with Crippen LogP contribution in [0.2, 0.25) is 0 Å². The molecule has 0 aliphatic heterocycles. The van der Waals surface area contributed by atoms with Gasteiger partial charge in [0.15, 0.2) is 0 Å². The smallest absolute Gasteiger partial charge is 0.252 e. The van der Waals surface area contributed by atoms with Crippen molar-refractivity contribution in [2.24, 2.45) is 5.73 Å². The van der Waals surface area contributed by atoms with Crippen LogP contribution in [0.1, 0.15) is 10.4 Å². The summed E-state index contributed by atoms with van der Waals surface area (Å²) in [7, 11) is 1.50. The summed E-state index contributed by atoms with van der Waals surface area (Å²) in [5, 5.41) is 0.263. The van der Waals surface area contributed by atoms with Crippen LogP contribution in [0.4, 0.5) is 4.39 Å². The minimum absolute atomic E-state index is 0.171. The predicted octanol–water partition coefficient (Wildman–Crippen LogP) is 1.73. The van der Waals surface area contributed by atoms with E-state index in [0.717, 1.165) is 0 Å². The maximum atomic E-state index is 13.9. The zero-order valence-corrected chi connectivity index (χ0v) is 10.1. The van der Waals surface area contributed by atoms with E-state index in [1.807, 2.05) is 0 Å². The van der Waals surface area contributed by atoms with Crippen molar-refractivity contribution in [3.05, 3.63) is 42.0 Å². The highest BCUT2D eigenvalue weighted by molar-refractivity contribution is 6.03. The highest BCUT2D eigenvalue weighted by atomic mass is 19.1. The number of nitrogens with two attached hydrogens (primary N) is 1. The maximum Gasteiger partial charge on any atom is 0.252 e. The largest absolute Gasteiger partial charge is 0.495 e. The van der Waals surface area contributed by atoms with E-state index in [-0.39, 0.29) is 10.9 Å². The van der Waals surface area contributed by atoms with Crippen molar-refractivity contribution in [3.8, 4) is 5.75 Å². The Morgan fingerprint density at radius 3 is 2.95 bits per heavy atom. The Balaban J connectivity index is 2.60. The fraction of sp³-hybridized carbons (Fsp3) is 0.0769. The molecule has 3 rings (SSSR count). The average Bonchev–Trinajstić information content (AvgIpc) is 2.87. The van der Waals surface area contributed by atoms with Gasteiger partial charge in [0.2, 0.25) is 0 Å². The second-order valence-corrected chi connectivity index (χ2v) is 4.06. The van der Waals surface area contributed by atoms with Crippen LogP contribution in [0.5, 0.6) is 5.75 Å². The molecule has 0 bridgehead atoms. The molecule has 2 aromatic heterocycles. The number of amides is 1. The summed E-state index contributed by atoms with van der Waals surface area (Å²) in [6.07, 6.45) is 3.15. The standard InChI is InChI=1S/C13H10FN3O2/c1-19-10-3-2-9(14)7-6-8(12(15)18)13-16-4-5-17(13)11(7)10/h2-6H,1H3,(H2,15,18). The number of rotatable bonds is 2. The van der Waals surface area contributed by atoms with Crippen LogP contribution >= 0.6 is 0 Å². The summed E-state index contributed by atoms with van der Waals surface area (Å²) < 4.78 is 20.8. The molecule has 6 heteroatoms. The molecule has 2 N–H and O–H groups in total. The maximum absolute atomic E-state index is 13.9. The van der Waals surface area contributed by atoms with E-state index in [9.17, 15) is 9.18 Å². The van der Waals surface area contributed by atoms with Crippen molar-refractivity contribution in [1.29, 1.82) is 0 Å². The second-order valence-electron chi connectivity index (χ2n) is 4.06. The van der Waals surface area contributed by atoms with Crippen molar-refractivity contribution in [2.75, 3.05) is 7.11 Å². The van der Waals surface area contributed by atoms with Gasteiger partial charge in [0.25, 0.3) is 5.91 Å². The van der Waals surface area contributed by atoms with Crippen LogP contribution in [-0.2, 0) is 0 Å². The van der Waals surface area contributed by atoms with E-state index in [1.165, 1.54) is 31.5 Å². The fourth-order valence-corrected chi connectivity index (χ4v) is 2.19. The van der Waals surface area contributed by atoms with Crippen LogP contribution in [0.25, 0.3) is 16.6 Å². The van der Waals surface area contributed by atoms with E-state index in [1.54, 1.807) is 10.6 Å². The quantitative estimate of drug-likeness (QED) is 0.762. The summed E-state index contributed by atoms with van der Waals surface area (Å²) in [6, 6.07) is 4.22. The molecule has 1 aromatic carbocycles. The third-order valence-corrected chi connectivity index (χ3v) is 3.02. The van der Waals surface area contributed by atoms with Crippen molar-refractivity contribution in [3.63, 3.8) is 0 Å². The minimum Gasteiger partial charge on any atom is -0.495 e. The minimum atomic E-state index is -0.652.